The molecule has 0 bridgehead atoms. The van der Waals surface area contributed by atoms with Gasteiger partial charge in [-0.1, -0.05) is 24.3 Å². The van der Waals surface area contributed by atoms with Crippen molar-refractivity contribution >= 4 is 17.7 Å². The fourth-order valence-corrected chi connectivity index (χ4v) is 6.33. The lowest BCUT2D eigenvalue weighted by atomic mass is 9.76. The number of hydrogen-bond acceptors (Lipinski definition) is 8. The van der Waals surface area contributed by atoms with Crippen LogP contribution in [0.15, 0.2) is 60.8 Å². The number of piperidine rings is 1. The highest BCUT2D eigenvalue weighted by atomic mass is 19.4. The molecule has 6 rings (SSSR count). The normalized spacial score (nSPS) is 18.6. The second-order valence-corrected chi connectivity index (χ2v) is 12.2. The summed E-state index contributed by atoms with van der Waals surface area (Å²) in [4.78, 5) is 21.4. The van der Waals surface area contributed by atoms with Crippen molar-refractivity contribution in [3.63, 3.8) is 0 Å². The number of aliphatic carboxylic acids is 1. The van der Waals surface area contributed by atoms with E-state index in [-0.39, 0.29) is 39.6 Å². The number of nitrogens with one attached hydrogen (secondary N) is 1. The van der Waals surface area contributed by atoms with Crippen molar-refractivity contribution in [2.75, 3.05) is 30.3 Å². The summed E-state index contributed by atoms with van der Waals surface area (Å²) >= 11 is 0. The predicted molar refractivity (Wildman–Crippen MR) is 163 cm³/mol. The number of hydrogen-bond donors (Lipinski definition) is 3. The minimum atomic E-state index is -4.97. The van der Waals surface area contributed by atoms with Crippen molar-refractivity contribution in [2.45, 2.75) is 50.7 Å². The number of ether oxygens (including phenoxy) is 1. The van der Waals surface area contributed by atoms with Crippen LogP contribution in [0.1, 0.15) is 42.2 Å². The van der Waals surface area contributed by atoms with Crippen molar-refractivity contribution in [2.24, 2.45) is 5.41 Å². The molecule has 1 spiro atoms. The summed E-state index contributed by atoms with van der Waals surface area (Å²) in [6.07, 6.45) is -8.95. The van der Waals surface area contributed by atoms with Crippen LogP contribution in [0, 0.1) is 12.3 Å². The predicted octanol–water partition coefficient (Wildman–Crippen LogP) is 5.95. The fraction of sp³-hybridized carbons (Fsp3) is 0.375. The van der Waals surface area contributed by atoms with Crippen LogP contribution in [-0.4, -0.2) is 62.7 Å². The lowest BCUT2D eigenvalue weighted by Gasteiger charge is -2.39. The molecule has 2 saturated heterocycles. The Bertz CT molecular complexity index is 1820. The smallest absolute Gasteiger partial charge is 0.429 e. The van der Waals surface area contributed by atoms with Crippen LogP contribution in [0.3, 0.4) is 0 Å². The highest BCUT2D eigenvalue weighted by Crippen LogP contribution is 2.43. The van der Waals surface area contributed by atoms with Gasteiger partial charge < -0.3 is 25.8 Å². The molecule has 48 heavy (non-hydrogen) atoms. The van der Waals surface area contributed by atoms with Gasteiger partial charge in [-0.2, -0.15) is 41.4 Å². The van der Waals surface area contributed by atoms with Gasteiger partial charge in [-0.15, -0.1) is 0 Å². The van der Waals surface area contributed by atoms with Crippen molar-refractivity contribution in [3.8, 4) is 22.7 Å². The molecule has 2 aromatic heterocycles. The number of carboxylic acids is 1. The van der Waals surface area contributed by atoms with Gasteiger partial charge in [0.15, 0.2) is 0 Å². The number of nitrogens with two attached hydrogens (primary N) is 1. The van der Waals surface area contributed by atoms with E-state index in [2.05, 4.69) is 20.4 Å². The fourth-order valence-electron chi connectivity index (χ4n) is 6.33. The molecule has 4 N–H and O–H groups in total. The number of anilines is 2. The molecule has 2 fully saturated rings. The number of alkyl halides is 6. The quantitative estimate of drug-likeness (QED) is 0.203. The maximum Gasteiger partial charge on any atom is 0.429 e. The third-order valence-electron chi connectivity index (χ3n) is 8.85. The van der Waals surface area contributed by atoms with Gasteiger partial charge >= 0.3 is 18.3 Å². The number of rotatable bonds is 7. The molecule has 254 valence electrons. The maximum atomic E-state index is 14.8. The SMILES string of the molecule is Cc1ccn(-c2cc(-c3cccc(C(F)(F)F)c3)ccc2C(Oc2cc(N3CCC4(CC3)CN[C@H](C(=O)O)C4)nc(N)n2)C(F)(F)F)n1. The zero-order valence-corrected chi connectivity index (χ0v) is 25.5. The Hall–Kier alpha value is -4.86. The highest BCUT2D eigenvalue weighted by Gasteiger charge is 2.46. The number of aryl methyl sites for hydroxylation is 1. The van der Waals surface area contributed by atoms with E-state index < -0.39 is 41.9 Å². The van der Waals surface area contributed by atoms with Gasteiger partial charge in [0.2, 0.25) is 17.9 Å². The molecule has 1 unspecified atom stereocenters. The van der Waals surface area contributed by atoms with Crippen LogP contribution in [0.4, 0.5) is 38.1 Å². The maximum absolute atomic E-state index is 14.8. The second-order valence-electron chi connectivity index (χ2n) is 12.2. The Kier molecular flexibility index (Phi) is 8.47. The Morgan fingerprint density at radius 3 is 2.40 bits per heavy atom. The second kappa shape index (κ2) is 12.3. The molecule has 4 heterocycles. The average molecular weight is 676 g/mol. The van der Waals surface area contributed by atoms with E-state index >= 15 is 0 Å². The molecule has 2 aromatic carbocycles. The van der Waals surface area contributed by atoms with Crippen LogP contribution in [0.2, 0.25) is 0 Å². The van der Waals surface area contributed by atoms with Gasteiger partial charge in [-0.25, -0.2) is 4.68 Å². The standard InChI is InChI=1S/C32H31F6N7O3/c1-18-7-10-45(43-18)24-14-20(19-3-2-4-21(13-19)31(33,34)35)5-6-22(24)27(32(36,37)38)48-26-15-25(41-29(39)42-26)44-11-8-30(9-12-44)16-23(28(46)47)40-17-30/h2-7,10,13-15,23,27,40H,8-9,11-12,16-17H2,1H3,(H,46,47)(H2,39,41,42)/t23-,27?/m0/s1. The van der Waals surface area contributed by atoms with E-state index in [9.17, 15) is 36.2 Å². The number of nitrogens with zero attached hydrogens (tertiary/aromatic N) is 5. The van der Waals surface area contributed by atoms with Crippen LogP contribution in [-0.2, 0) is 11.0 Å². The number of carboxylic acid groups (broad SMARTS) is 1. The average Bonchev–Trinajstić information content (AvgIpc) is 3.65. The number of aromatic nitrogens is 4. The first-order chi connectivity index (χ1) is 22.6. The van der Waals surface area contributed by atoms with Gasteiger partial charge in [0.1, 0.15) is 11.9 Å². The van der Waals surface area contributed by atoms with E-state index in [1.165, 1.54) is 41.2 Å². The molecule has 0 amide bonds. The first-order valence-electron chi connectivity index (χ1n) is 15.0. The Morgan fingerprint density at radius 1 is 1.04 bits per heavy atom. The van der Waals surface area contributed by atoms with E-state index in [4.69, 9.17) is 10.5 Å². The molecule has 2 aliphatic heterocycles. The topological polar surface area (TPSA) is 131 Å². The molecular weight excluding hydrogens is 644 g/mol. The summed E-state index contributed by atoms with van der Waals surface area (Å²) < 4.78 is 91.4. The molecule has 2 atom stereocenters. The van der Waals surface area contributed by atoms with Crippen LogP contribution in [0.5, 0.6) is 5.88 Å². The Morgan fingerprint density at radius 2 is 1.77 bits per heavy atom. The molecule has 0 aliphatic carbocycles. The van der Waals surface area contributed by atoms with Crippen LogP contribution < -0.4 is 20.7 Å². The Balaban J connectivity index is 1.32. The largest absolute Gasteiger partial charge is 0.480 e. The molecular formula is C32H31F6N7O3. The van der Waals surface area contributed by atoms with Gasteiger partial charge in [0.25, 0.3) is 0 Å². The van der Waals surface area contributed by atoms with E-state index in [1.54, 1.807) is 13.0 Å². The van der Waals surface area contributed by atoms with E-state index in [0.717, 1.165) is 18.2 Å². The van der Waals surface area contributed by atoms with E-state index in [0.29, 0.717) is 44.6 Å². The molecule has 2 aliphatic rings. The van der Waals surface area contributed by atoms with Gasteiger partial charge in [0, 0.05) is 37.5 Å². The summed E-state index contributed by atoms with van der Waals surface area (Å²) in [5, 5.41) is 16.7. The summed E-state index contributed by atoms with van der Waals surface area (Å²) in [7, 11) is 0. The van der Waals surface area contributed by atoms with Crippen molar-refractivity contribution in [1.29, 1.82) is 0 Å². The third-order valence-corrected chi connectivity index (χ3v) is 8.85. The number of nitrogen functional groups attached to an aromatic ring is 1. The first kappa shape index (κ1) is 33.1. The van der Waals surface area contributed by atoms with Gasteiger partial charge in [0.05, 0.1) is 16.9 Å². The van der Waals surface area contributed by atoms with Crippen molar-refractivity contribution in [3.05, 3.63) is 77.6 Å². The molecule has 0 saturated carbocycles. The first-order valence-corrected chi connectivity index (χ1v) is 15.0. The van der Waals surface area contributed by atoms with Gasteiger partial charge in [-0.3, -0.25) is 4.79 Å². The monoisotopic (exact) mass is 675 g/mol. The zero-order valence-electron chi connectivity index (χ0n) is 25.5. The third kappa shape index (κ3) is 6.88. The highest BCUT2D eigenvalue weighted by molar-refractivity contribution is 5.74. The summed E-state index contributed by atoms with van der Waals surface area (Å²) in [6, 6.07) is 10.5. The Labute approximate surface area is 270 Å². The lowest BCUT2D eigenvalue weighted by Crippen LogP contribution is -2.41. The molecule has 10 nitrogen and oxygen atoms in total. The summed E-state index contributed by atoms with van der Waals surface area (Å²) in [6.45, 7) is 3.13. The van der Waals surface area contributed by atoms with Crippen molar-refractivity contribution in [1.82, 2.24) is 25.1 Å². The number of carbonyl (C=O) groups is 1. The number of benzene rings is 2. The molecule has 4 aromatic rings. The number of halogens is 6. The lowest BCUT2D eigenvalue weighted by molar-refractivity contribution is -0.198. The van der Waals surface area contributed by atoms with Crippen LogP contribution >= 0.6 is 0 Å². The molecule has 16 heteroatoms. The minimum absolute atomic E-state index is 0.0613. The summed E-state index contributed by atoms with van der Waals surface area (Å²) in [5.41, 5.74) is 5.28. The summed E-state index contributed by atoms with van der Waals surface area (Å²) in [5.74, 6) is -1.38. The minimum Gasteiger partial charge on any atom is -0.480 e. The van der Waals surface area contributed by atoms with Crippen molar-refractivity contribution < 1.29 is 41.0 Å². The van der Waals surface area contributed by atoms with Gasteiger partial charge in [-0.05, 0) is 67.0 Å². The van der Waals surface area contributed by atoms with E-state index in [1.807, 2.05) is 4.90 Å². The zero-order chi connectivity index (χ0) is 34.4. The molecule has 0 radical (unpaired) electrons. The van der Waals surface area contributed by atoms with Crippen LogP contribution in [0.25, 0.3) is 16.8 Å².